The molecule has 1 aromatic carbocycles. The Morgan fingerprint density at radius 3 is 1.76 bits per heavy atom. The van der Waals surface area contributed by atoms with Crippen molar-refractivity contribution in [2.24, 2.45) is 0 Å². The van der Waals surface area contributed by atoms with E-state index in [0.717, 1.165) is 30.4 Å². The minimum Gasteiger partial charge on any atom is -0.106 e. The molecule has 0 spiro atoms. The molecule has 0 N–H and O–H groups in total. The highest BCUT2D eigenvalue weighted by molar-refractivity contribution is 6.35. The first kappa shape index (κ1) is 21.0. The lowest BCUT2D eigenvalue weighted by Crippen LogP contribution is -1.89. The average molecular weight is 314 g/mol. The van der Waals surface area contributed by atoms with Crippen molar-refractivity contribution in [3.8, 4) is 0 Å². The lowest BCUT2D eigenvalue weighted by atomic mass is 9.99. The van der Waals surface area contributed by atoms with Crippen molar-refractivity contribution in [2.75, 3.05) is 0 Å². The second kappa shape index (κ2) is 14.9. The van der Waals surface area contributed by atoms with E-state index in [2.05, 4.69) is 71.0 Å². The van der Waals surface area contributed by atoms with Gasteiger partial charge in [-0.15, -0.1) is 21.1 Å². The van der Waals surface area contributed by atoms with Gasteiger partial charge in [0.25, 0.3) is 0 Å². The van der Waals surface area contributed by atoms with Crippen molar-refractivity contribution in [3.05, 3.63) is 41.5 Å². The predicted octanol–water partition coefficient (Wildman–Crippen LogP) is 6.34. The minimum atomic E-state index is 0.672. The maximum atomic E-state index is 2.30. The normalized spacial score (nSPS) is 14.2. The highest BCUT2D eigenvalue weighted by Gasteiger charge is 2.13. The van der Waals surface area contributed by atoms with Crippen LogP contribution in [0, 0.1) is 0 Å². The summed E-state index contributed by atoms with van der Waals surface area (Å²) < 4.78 is 0. The van der Waals surface area contributed by atoms with Crippen LogP contribution >= 0.6 is 0 Å². The summed E-state index contributed by atoms with van der Waals surface area (Å²) in [7, 11) is 0. The summed E-state index contributed by atoms with van der Waals surface area (Å²) in [6.45, 7) is 11.2. The Morgan fingerprint density at radius 1 is 0.810 bits per heavy atom. The molecule has 2 radical (unpaired) electrons. The molecule has 114 valence electrons. The molecule has 0 aliphatic heterocycles. The first-order valence-electron chi connectivity index (χ1n) is 8.65. The van der Waals surface area contributed by atoms with Gasteiger partial charge in [-0.2, -0.15) is 0 Å². The number of rotatable bonds is 5. The lowest BCUT2D eigenvalue weighted by molar-refractivity contribution is 0.818. The summed E-state index contributed by atoms with van der Waals surface area (Å²) >= 11 is 1.63. The molecule has 0 aromatic heterocycles. The first-order chi connectivity index (χ1) is 10.2. The fraction of sp³-hybridized carbons (Fsp3) is 0.579. The SMILES string of the molecule is CCC1C=Cc2ccccc21.C[CH2][Al][CH2]C.C[CH2][Al][CH2]C. The molecule has 0 bridgehead atoms. The van der Waals surface area contributed by atoms with E-state index in [1.165, 1.54) is 38.7 Å². The Morgan fingerprint density at radius 2 is 1.33 bits per heavy atom. The third-order valence-electron chi connectivity index (χ3n) is 3.50. The fourth-order valence-electron chi connectivity index (χ4n) is 2.26. The van der Waals surface area contributed by atoms with Gasteiger partial charge in [0.1, 0.15) is 0 Å². The van der Waals surface area contributed by atoms with E-state index in [1.807, 2.05) is 0 Å². The summed E-state index contributed by atoms with van der Waals surface area (Å²) in [5, 5.41) is 5.71. The third-order valence-corrected chi connectivity index (χ3v) is 5.81. The molecule has 0 amide bonds. The van der Waals surface area contributed by atoms with E-state index in [1.54, 1.807) is 0 Å². The molecule has 0 heterocycles. The number of benzene rings is 1. The van der Waals surface area contributed by atoms with Crippen molar-refractivity contribution in [3.63, 3.8) is 0 Å². The molecular weight excluding hydrogens is 282 g/mol. The van der Waals surface area contributed by atoms with Crippen LogP contribution in [0.3, 0.4) is 0 Å². The van der Waals surface area contributed by atoms with Gasteiger partial charge in [0, 0.05) is 5.92 Å². The van der Waals surface area contributed by atoms with Gasteiger partial charge in [-0.05, 0) is 17.5 Å². The van der Waals surface area contributed by atoms with Crippen LogP contribution in [0.4, 0.5) is 0 Å². The zero-order chi connectivity index (χ0) is 15.9. The van der Waals surface area contributed by atoms with Crippen molar-refractivity contribution in [2.45, 2.75) is 68.1 Å². The van der Waals surface area contributed by atoms with Crippen LogP contribution in [0.1, 0.15) is 58.1 Å². The maximum Gasteiger partial charge on any atom is 0.198 e. The van der Waals surface area contributed by atoms with Gasteiger partial charge in [0.2, 0.25) is 0 Å². The van der Waals surface area contributed by atoms with Crippen molar-refractivity contribution < 1.29 is 0 Å². The average Bonchev–Trinajstić information content (AvgIpc) is 2.93. The molecule has 1 aromatic rings. The predicted molar refractivity (Wildman–Crippen MR) is 102 cm³/mol. The summed E-state index contributed by atoms with van der Waals surface area (Å²) in [6, 6.07) is 8.63. The van der Waals surface area contributed by atoms with Gasteiger partial charge in [-0.25, -0.2) is 0 Å². The van der Waals surface area contributed by atoms with Crippen LogP contribution in [0.5, 0.6) is 0 Å². The second-order valence-electron chi connectivity index (χ2n) is 5.21. The molecule has 21 heavy (non-hydrogen) atoms. The molecule has 1 aliphatic rings. The van der Waals surface area contributed by atoms with Gasteiger partial charge >= 0.3 is 0 Å². The quantitative estimate of drug-likeness (QED) is 0.556. The van der Waals surface area contributed by atoms with Crippen LogP contribution in [0.25, 0.3) is 6.08 Å². The van der Waals surface area contributed by atoms with Gasteiger partial charge < -0.3 is 0 Å². The van der Waals surface area contributed by atoms with E-state index in [9.17, 15) is 0 Å². The second-order valence-corrected chi connectivity index (χ2v) is 9.63. The Balaban J connectivity index is 0.000000340. The molecule has 1 atom stereocenters. The van der Waals surface area contributed by atoms with Crippen LogP contribution in [-0.4, -0.2) is 30.4 Å². The summed E-state index contributed by atoms with van der Waals surface area (Å²) in [4.78, 5) is 0. The number of fused-ring (bicyclic) bond motifs is 1. The molecule has 0 fully saturated rings. The Bertz CT molecular complexity index is 362. The molecular formula is C19H32Al2. The Kier molecular flexibility index (Phi) is 15.0. The van der Waals surface area contributed by atoms with Crippen molar-refractivity contribution in [1.82, 2.24) is 0 Å². The lowest BCUT2D eigenvalue weighted by Gasteiger charge is -2.05. The van der Waals surface area contributed by atoms with Gasteiger partial charge in [-0.3, -0.25) is 0 Å². The van der Waals surface area contributed by atoms with Crippen molar-refractivity contribution >= 4 is 36.5 Å². The molecule has 1 unspecified atom stereocenters. The Hall–Kier alpha value is 0.0249. The summed E-state index contributed by atoms with van der Waals surface area (Å²) in [6.07, 6.45) is 5.74. The zero-order valence-electron chi connectivity index (χ0n) is 14.7. The summed E-state index contributed by atoms with van der Waals surface area (Å²) in [5.41, 5.74) is 2.90. The highest BCUT2D eigenvalue weighted by atomic mass is 27.1. The van der Waals surface area contributed by atoms with E-state index < -0.39 is 0 Å². The number of allylic oxidation sites excluding steroid dienone is 1. The molecule has 0 nitrogen and oxygen atoms in total. The Labute approximate surface area is 145 Å². The standard InChI is InChI=1S/C11H12.4C2H5.2Al/c1-2-9-7-8-10-5-3-4-6-11(9)10;4*1-2;;/h3-9H,2H2,1H3;4*1H2,2H3;;. The van der Waals surface area contributed by atoms with Crippen LogP contribution < -0.4 is 0 Å². The van der Waals surface area contributed by atoms with Crippen LogP contribution in [-0.2, 0) is 0 Å². The minimum absolute atomic E-state index is 0.672. The van der Waals surface area contributed by atoms with E-state index in [4.69, 9.17) is 0 Å². The van der Waals surface area contributed by atoms with Gasteiger partial charge in [0.15, 0.2) is 30.4 Å². The first-order valence-corrected chi connectivity index (χ1v) is 11.9. The van der Waals surface area contributed by atoms with Crippen LogP contribution in [0.15, 0.2) is 30.3 Å². The number of hydrogen-bond donors (Lipinski definition) is 0. The molecule has 1 aliphatic carbocycles. The molecule has 0 saturated heterocycles. The molecule has 2 heteroatoms. The van der Waals surface area contributed by atoms with Gasteiger partial charge in [0.05, 0.1) is 0 Å². The topological polar surface area (TPSA) is 0 Å². The largest absolute Gasteiger partial charge is 0.198 e. The fourth-order valence-corrected chi connectivity index (χ4v) is 3.41. The smallest absolute Gasteiger partial charge is 0.106 e. The van der Waals surface area contributed by atoms with E-state index in [-0.39, 0.29) is 0 Å². The molecule has 0 saturated carbocycles. The van der Waals surface area contributed by atoms with Crippen LogP contribution in [0.2, 0.25) is 21.1 Å². The molecule has 2 rings (SSSR count). The third kappa shape index (κ3) is 9.61. The summed E-state index contributed by atoms with van der Waals surface area (Å²) in [5.74, 6) is 0.672. The van der Waals surface area contributed by atoms with E-state index >= 15 is 0 Å². The monoisotopic (exact) mass is 314 g/mol. The van der Waals surface area contributed by atoms with Crippen molar-refractivity contribution in [1.29, 1.82) is 0 Å². The number of hydrogen-bond acceptors (Lipinski definition) is 0. The zero-order valence-corrected chi connectivity index (χ0v) is 17.0. The van der Waals surface area contributed by atoms with Gasteiger partial charge in [-0.1, -0.05) is 71.0 Å². The highest BCUT2D eigenvalue weighted by Crippen LogP contribution is 2.31. The van der Waals surface area contributed by atoms with E-state index in [0.29, 0.717) is 5.92 Å². The maximum absolute atomic E-state index is 2.30.